The van der Waals surface area contributed by atoms with E-state index >= 15 is 0 Å². The second kappa shape index (κ2) is 9.86. The molecule has 0 aliphatic carbocycles. The van der Waals surface area contributed by atoms with Crippen molar-refractivity contribution >= 4 is 50.8 Å². The van der Waals surface area contributed by atoms with Gasteiger partial charge in [0.1, 0.15) is 11.9 Å². The number of hydrazone groups is 1. The predicted octanol–water partition coefficient (Wildman–Crippen LogP) is 7.69. The van der Waals surface area contributed by atoms with Gasteiger partial charge in [-0.3, -0.25) is 5.43 Å². The number of halogens is 2. The lowest BCUT2D eigenvalue weighted by Crippen LogP contribution is -2.22. The number of nitrogens with one attached hydrogen (secondary N) is 1. The molecule has 0 amide bonds. The van der Waals surface area contributed by atoms with Crippen LogP contribution in [-0.2, 0) is 0 Å². The van der Waals surface area contributed by atoms with Crippen LogP contribution in [-0.4, -0.2) is 10.7 Å². The molecule has 1 aromatic heterocycles. The smallest absolute Gasteiger partial charge is 0.203 e. The summed E-state index contributed by atoms with van der Waals surface area (Å²) in [6.07, 6.45) is 0.612. The molecule has 0 spiro atoms. The van der Waals surface area contributed by atoms with Crippen LogP contribution in [0.25, 0.3) is 11.3 Å². The first-order valence-electron chi connectivity index (χ1n) is 10.0. The number of aromatic nitrogens is 1. The third kappa shape index (κ3) is 4.88. The molecule has 162 valence electrons. The molecule has 1 unspecified atom stereocenters. The highest BCUT2D eigenvalue weighted by atomic mass is 79.9. The summed E-state index contributed by atoms with van der Waals surface area (Å²) in [5, 5.41) is 8.22. The maximum atomic E-state index is 6.29. The monoisotopic (exact) mass is 525 g/mol. The number of fused-ring (bicyclic) bond motifs is 1. The zero-order valence-electron chi connectivity index (χ0n) is 17.3. The van der Waals surface area contributed by atoms with Gasteiger partial charge >= 0.3 is 0 Å². The fourth-order valence-electron chi connectivity index (χ4n) is 3.61. The number of nitrogens with zero attached hydrogens (tertiary/aromatic N) is 2. The summed E-state index contributed by atoms with van der Waals surface area (Å²) in [7, 11) is 0. The van der Waals surface area contributed by atoms with Crippen molar-refractivity contribution < 1.29 is 4.74 Å². The number of ether oxygens (including phenoxy) is 1. The molecule has 1 atom stereocenters. The summed E-state index contributed by atoms with van der Waals surface area (Å²) in [4.78, 5) is 4.67. The second-order valence-corrected chi connectivity index (χ2v) is 8.73. The van der Waals surface area contributed by atoms with Crippen LogP contribution in [0.4, 0.5) is 5.13 Å². The Labute approximate surface area is 206 Å². The molecule has 0 fully saturated rings. The van der Waals surface area contributed by atoms with E-state index in [1.165, 1.54) is 16.9 Å². The third-order valence-corrected chi connectivity index (χ3v) is 6.19. The zero-order chi connectivity index (χ0) is 21.2. The zero-order valence-corrected chi connectivity index (χ0v) is 20.6. The Kier molecular flexibility index (Phi) is 6.94. The van der Waals surface area contributed by atoms with Gasteiger partial charge in [0, 0.05) is 28.0 Å². The topological polar surface area (TPSA) is 46.5 Å². The Hall–Kier alpha value is -2.67. The first-order valence-corrected chi connectivity index (χ1v) is 11.3. The van der Waals surface area contributed by atoms with Crippen LogP contribution < -0.4 is 10.2 Å². The highest BCUT2D eigenvalue weighted by molar-refractivity contribution is 8.93. The number of anilines is 1. The van der Waals surface area contributed by atoms with Gasteiger partial charge in [-0.15, -0.1) is 28.3 Å². The molecule has 0 bridgehead atoms. The summed E-state index contributed by atoms with van der Waals surface area (Å²) in [5.41, 5.74) is 9.38. The lowest BCUT2D eigenvalue weighted by Gasteiger charge is -2.27. The number of aryl methyl sites for hydroxylation is 1. The van der Waals surface area contributed by atoms with Crippen molar-refractivity contribution in [3.8, 4) is 17.0 Å². The van der Waals surface area contributed by atoms with E-state index in [0.29, 0.717) is 11.4 Å². The third-order valence-electron chi connectivity index (χ3n) is 5.20. The summed E-state index contributed by atoms with van der Waals surface area (Å²) in [5.74, 6) is 0.854. The fraction of sp³-hybridized carbons (Fsp3) is 0.120. The fourth-order valence-corrected chi connectivity index (χ4v) is 4.39. The average Bonchev–Trinajstić information content (AvgIpc) is 3.27. The Bertz CT molecular complexity index is 1240. The minimum Gasteiger partial charge on any atom is -0.485 e. The van der Waals surface area contributed by atoms with Crippen LogP contribution in [0.5, 0.6) is 5.75 Å². The van der Waals surface area contributed by atoms with E-state index in [9.17, 15) is 0 Å². The Balaban J connectivity index is 0.00000245. The van der Waals surface area contributed by atoms with Crippen molar-refractivity contribution in [3.05, 3.63) is 99.9 Å². The SMILES string of the molecule is Br.Cc1ccc2c(c1)/C(=N\Nc1nc(-c3ccc(Cl)cc3)cs1)CC(c1ccccc1)O2. The van der Waals surface area contributed by atoms with E-state index in [1.54, 1.807) is 0 Å². The van der Waals surface area contributed by atoms with Gasteiger partial charge in [0.15, 0.2) is 0 Å². The molecular formula is C25H21BrClN3OS. The number of benzene rings is 3. The van der Waals surface area contributed by atoms with E-state index in [2.05, 4.69) is 41.6 Å². The van der Waals surface area contributed by atoms with Gasteiger partial charge in [-0.2, -0.15) is 5.10 Å². The van der Waals surface area contributed by atoms with Crippen LogP contribution in [0.2, 0.25) is 5.02 Å². The highest BCUT2D eigenvalue weighted by Gasteiger charge is 2.26. The summed E-state index contributed by atoms with van der Waals surface area (Å²) in [6.45, 7) is 2.08. The number of thiazole rings is 1. The second-order valence-electron chi connectivity index (χ2n) is 7.44. The van der Waals surface area contributed by atoms with Gasteiger partial charge in [-0.1, -0.05) is 65.7 Å². The van der Waals surface area contributed by atoms with Gasteiger partial charge in [0.05, 0.1) is 11.4 Å². The molecule has 7 heteroatoms. The maximum Gasteiger partial charge on any atom is 0.203 e. The largest absolute Gasteiger partial charge is 0.485 e. The van der Waals surface area contributed by atoms with Crippen LogP contribution in [0.1, 0.15) is 29.2 Å². The molecule has 1 aliphatic heterocycles. The standard InChI is InChI=1S/C25H20ClN3OS.BrH/c1-16-7-12-23-20(13-16)21(14-24(30-23)18-5-3-2-4-6-18)28-29-25-27-22(15-31-25)17-8-10-19(26)11-9-17;/h2-13,15,24H,14H2,1H3,(H,27,29);1H/b28-21-;. The molecule has 5 rings (SSSR count). The summed E-state index contributed by atoms with van der Waals surface area (Å²) >= 11 is 7.52. The van der Waals surface area contributed by atoms with Crippen molar-refractivity contribution in [2.24, 2.45) is 5.10 Å². The van der Waals surface area contributed by atoms with Crippen LogP contribution in [0.15, 0.2) is 83.3 Å². The number of rotatable bonds is 4. The van der Waals surface area contributed by atoms with Crippen molar-refractivity contribution in [2.45, 2.75) is 19.4 Å². The van der Waals surface area contributed by atoms with E-state index in [1.807, 2.05) is 53.9 Å². The van der Waals surface area contributed by atoms with Gasteiger partial charge < -0.3 is 4.74 Å². The molecule has 1 aliphatic rings. The van der Waals surface area contributed by atoms with Crippen molar-refractivity contribution in [1.29, 1.82) is 0 Å². The quantitative estimate of drug-likeness (QED) is 0.277. The first kappa shape index (κ1) is 22.5. The molecule has 0 saturated carbocycles. The predicted molar refractivity (Wildman–Crippen MR) is 139 cm³/mol. The van der Waals surface area contributed by atoms with Crippen molar-refractivity contribution in [1.82, 2.24) is 4.98 Å². The Morgan fingerprint density at radius 1 is 1.06 bits per heavy atom. The molecule has 0 radical (unpaired) electrons. The summed E-state index contributed by atoms with van der Waals surface area (Å²) in [6, 6.07) is 24.2. The lowest BCUT2D eigenvalue weighted by atomic mass is 9.94. The summed E-state index contributed by atoms with van der Waals surface area (Å²) < 4.78 is 6.29. The minimum absolute atomic E-state index is 0. The van der Waals surface area contributed by atoms with Crippen molar-refractivity contribution in [2.75, 3.05) is 5.43 Å². The van der Waals surface area contributed by atoms with Crippen LogP contribution in [0, 0.1) is 6.92 Å². The number of hydrogen-bond acceptors (Lipinski definition) is 5. The Morgan fingerprint density at radius 2 is 1.84 bits per heavy atom. The van der Waals surface area contributed by atoms with E-state index in [4.69, 9.17) is 21.4 Å². The maximum absolute atomic E-state index is 6.29. The molecule has 2 heterocycles. The lowest BCUT2D eigenvalue weighted by molar-refractivity contribution is 0.206. The van der Waals surface area contributed by atoms with Gasteiger partial charge in [-0.05, 0) is 36.8 Å². The normalized spacial score (nSPS) is 16.1. The van der Waals surface area contributed by atoms with E-state index < -0.39 is 0 Å². The number of hydrogen-bond donors (Lipinski definition) is 1. The molecule has 4 aromatic rings. The van der Waals surface area contributed by atoms with Gasteiger partial charge in [0.2, 0.25) is 5.13 Å². The van der Waals surface area contributed by atoms with Crippen molar-refractivity contribution in [3.63, 3.8) is 0 Å². The van der Waals surface area contributed by atoms with Crippen LogP contribution >= 0.6 is 39.9 Å². The molecule has 4 nitrogen and oxygen atoms in total. The highest BCUT2D eigenvalue weighted by Crippen LogP contribution is 2.36. The average molecular weight is 527 g/mol. The molecule has 1 N–H and O–H groups in total. The molecule has 0 saturated heterocycles. The van der Waals surface area contributed by atoms with E-state index in [-0.39, 0.29) is 23.1 Å². The molecular weight excluding hydrogens is 506 g/mol. The van der Waals surface area contributed by atoms with Gasteiger partial charge in [-0.25, -0.2) is 4.98 Å². The minimum atomic E-state index is -0.0714. The van der Waals surface area contributed by atoms with E-state index in [0.717, 1.165) is 39.0 Å². The molecule has 3 aromatic carbocycles. The van der Waals surface area contributed by atoms with Gasteiger partial charge in [0.25, 0.3) is 0 Å². The van der Waals surface area contributed by atoms with Crippen LogP contribution in [0.3, 0.4) is 0 Å². The first-order chi connectivity index (χ1) is 15.2. The molecule has 32 heavy (non-hydrogen) atoms. The Morgan fingerprint density at radius 3 is 2.62 bits per heavy atom.